The minimum absolute atomic E-state index is 0.217. The van der Waals surface area contributed by atoms with Gasteiger partial charge in [0.05, 0.1) is 13.3 Å². The third-order valence-electron chi connectivity index (χ3n) is 2.32. The van der Waals surface area contributed by atoms with Crippen molar-refractivity contribution < 1.29 is 0 Å². The molecule has 0 aliphatic carbocycles. The third-order valence-corrected chi connectivity index (χ3v) is 7.14. The number of thiol groups is 1. The van der Waals surface area contributed by atoms with Crippen molar-refractivity contribution in [1.82, 2.24) is 4.90 Å². The third kappa shape index (κ3) is 2.80. The van der Waals surface area contributed by atoms with E-state index in [1.807, 2.05) is 0 Å². The smallest absolute Gasteiger partial charge is 0.0672 e. The first kappa shape index (κ1) is 11.5. The Kier molecular flexibility index (Phi) is 4.74. The standard InChI is InChI=1S/C8H21NSSi/c1-6-7-8(10,9(2)3)11(4)5/h10-11H,6-7H2,1-5H3. The average Bonchev–Trinajstić information content (AvgIpc) is 1.87. The van der Waals surface area contributed by atoms with Crippen LogP contribution in [0.15, 0.2) is 0 Å². The van der Waals surface area contributed by atoms with Gasteiger partial charge in [0.2, 0.25) is 0 Å². The fourth-order valence-electron chi connectivity index (χ4n) is 1.40. The Bertz CT molecular complexity index is 107. The lowest BCUT2D eigenvalue weighted by Crippen LogP contribution is -2.49. The molecule has 0 aliphatic heterocycles. The van der Waals surface area contributed by atoms with E-state index in [-0.39, 0.29) is 4.49 Å². The summed E-state index contributed by atoms with van der Waals surface area (Å²) in [5.74, 6) is 0. The maximum Gasteiger partial charge on any atom is 0.0672 e. The Balaban J connectivity index is 4.26. The summed E-state index contributed by atoms with van der Waals surface area (Å²) in [5.41, 5.74) is 0. The van der Waals surface area contributed by atoms with Gasteiger partial charge in [0.15, 0.2) is 0 Å². The summed E-state index contributed by atoms with van der Waals surface area (Å²) in [5, 5.41) is 0. The Morgan fingerprint density at radius 2 is 1.82 bits per heavy atom. The molecule has 0 rings (SSSR count). The monoisotopic (exact) mass is 191 g/mol. The Hall–Kier alpha value is 0.527. The van der Waals surface area contributed by atoms with Crippen LogP contribution >= 0.6 is 12.6 Å². The molecule has 0 heterocycles. The first-order valence-electron chi connectivity index (χ1n) is 4.35. The van der Waals surface area contributed by atoms with E-state index in [1.165, 1.54) is 12.8 Å². The molecule has 0 bridgehead atoms. The molecular weight excluding hydrogens is 170 g/mol. The maximum absolute atomic E-state index is 4.78. The van der Waals surface area contributed by atoms with Gasteiger partial charge in [-0.1, -0.05) is 26.4 Å². The van der Waals surface area contributed by atoms with Crippen LogP contribution in [-0.4, -0.2) is 32.3 Å². The van der Waals surface area contributed by atoms with E-state index in [4.69, 9.17) is 12.6 Å². The largest absolute Gasteiger partial charge is 0.298 e. The molecule has 0 fully saturated rings. The van der Waals surface area contributed by atoms with Crippen molar-refractivity contribution in [2.75, 3.05) is 14.1 Å². The highest BCUT2D eigenvalue weighted by molar-refractivity contribution is 7.83. The van der Waals surface area contributed by atoms with Crippen molar-refractivity contribution in [3.8, 4) is 0 Å². The molecule has 1 nitrogen and oxygen atoms in total. The number of hydrogen-bond donors (Lipinski definition) is 1. The van der Waals surface area contributed by atoms with Crippen molar-refractivity contribution in [2.24, 2.45) is 0 Å². The van der Waals surface area contributed by atoms with E-state index >= 15 is 0 Å². The van der Waals surface area contributed by atoms with Crippen LogP contribution < -0.4 is 0 Å². The zero-order valence-electron chi connectivity index (χ0n) is 8.39. The van der Waals surface area contributed by atoms with Crippen molar-refractivity contribution in [1.29, 1.82) is 0 Å². The molecule has 0 saturated carbocycles. The molecule has 0 radical (unpaired) electrons. The van der Waals surface area contributed by atoms with E-state index in [1.54, 1.807) is 0 Å². The molecule has 1 unspecified atom stereocenters. The van der Waals surface area contributed by atoms with Crippen molar-refractivity contribution in [2.45, 2.75) is 37.4 Å². The zero-order chi connectivity index (χ0) is 9.07. The normalized spacial score (nSPS) is 17.5. The predicted octanol–water partition coefficient (Wildman–Crippen LogP) is 2.00. The predicted molar refractivity (Wildman–Crippen MR) is 59.2 cm³/mol. The molecule has 11 heavy (non-hydrogen) atoms. The van der Waals surface area contributed by atoms with Gasteiger partial charge in [-0.15, -0.1) is 0 Å². The van der Waals surface area contributed by atoms with E-state index in [9.17, 15) is 0 Å². The lowest BCUT2D eigenvalue weighted by Gasteiger charge is -2.38. The molecular formula is C8H21NSSi. The lowest BCUT2D eigenvalue weighted by molar-refractivity contribution is 0.320. The molecule has 0 saturated heterocycles. The van der Waals surface area contributed by atoms with E-state index < -0.39 is 8.80 Å². The van der Waals surface area contributed by atoms with Gasteiger partial charge in [-0.25, -0.2) is 0 Å². The molecule has 1 atom stereocenters. The quantitative estimate of drug-likeness (QED) is 0.404. The number of rotatable bonds is 4. The summed E-state index contributed by atoms with van der Waals surface area (Å²) < 4.78 is 0.217. The van der Waals surface area contributed by atoms with E-state index in [0.29, 0.717) is 0 Å². The summed E-state index contributed by atoms with van der Waals surface area (Å²) >= 11 is 4.78. The fraction of sp³-hybridized carbons (Fsp3) is 1.00. The summed E-state index contributed by atoms with van der Waals surface area (Å²) in [7, 11) is 3.58. The van der Waals surface area contributed by atoms with Crippen molar-refractivity contribution in [3.05, 3.63) is 0 Å². The molecule has 3 heteroatoms. The second kappa shape index (κ2) is 4.53. The first-order valence-corrected chi connectivity index (χ1v) is 7.68. The van der Waals surface area contributed by atoms with E-state index in [0.717, 1.165) is 0 Å². The van der Waals surface area contributed by atoms with Crippen LogP contribution in [0.3, 0.4) is 0 Å². The molecule has 0 amide bonds. The van der Waals surface area contributed by atoms with Gasteiger partial charge in [0.1, 0.15) is 0 Å². The van der Waals surface area contributed by atoms with Gasteiger partial charge in [-0.2, -0.15) is 12.6 Å². The van der Waals surface area contributed by atoms with Gasteiger partial charge in [-0.05, 0) is 20.5 Å². The van der Waals surface area contributed by atoms with Gasteiger partial charge >= 0.3 is 0 Å². The lowest BCUT2D eigenvalue weighted by atomic mass is 10.3. The van der Waals surface area contributed by atoms with Crippen LogP contribution in [-0.2, 0) is 0 Å². The second-order valence-electron chi connectivity index (χ2n) is 3.68. The fourth-order valence-corrected chi connectivity index (χ4v) is 3.52. The molecule has 0 aromatic heterocycles. The highest BCUT2D eigenvalue weighted by Crippen LogP contribution is 2.26. The Morgan fingerprint density at radius 3 is 1.91 bits per heavy atom. The summed E-state index contributed by atoms with van der Waals surface area (Å²) in [6, 6.07) is 0. The SMILES string of the molecule is CCCC(S)(N(C)C)[SiH](C)C. The van der Waals surface area contributed by atoms with Crippen LogP contribution in [0.4, 0.5) is 0 Å². The molecule has 0 aromatic carbocycles. The highest BCUT2D eigenvalue weighted by atomic mass is 32.1. The van der Waals surface area contributed by atoms with Crippen LogP contribution in [0.5, 0.6) is 0 Å². The zero-order valence-corrected chi connectivity index (χ0v) is 10.4. The first-order chi connectivity index (χ1) is 4.95. The van der Waals surface area contributed by atoms with Crippen LogP contribution in [0.1, 0.15) is 19.8 Å². The molecule has 0 spiro atoms. The van der Waals surface area contributed by atoms with Gasteiger partial charge in [-0.3, -0.25) is 4.90 Å². The minimum atomic E-state index is -0.686. The Morgan fingerprint density at radius 1 is 1.36 bits per heavy atom. The second-order valence-corrected chi connectivity index (χ2v) is 8.20. The number of nitrogens with zero attached hydrogens (tertiary/aromatic N) is 1. The average molecular weight is 191 g/mol. The topological polar surface area (TPSA) is 3.24 Å². The summed E-state index contributed by atoms with van der Waals surface area (Å²) in [6.45, 7) is 6.95. The molecule has 0 aromatic rings. The molecule has 0 N–H and O–H groups in total. The van der Waals surface area contributed by atoms with Crippen molar-refractivity contribution >= 4 is 21.4 Å². The van der Waals surface area contributed by atoms with Crippen molar-refractivity contribution in [3.63, 3.8) is 0 Å². The minimum Gasteiger partial charge on any atom is -0.298 e. The number of hydrogen-bond acceptors (Lipinski definition) is 2. The van der Waals surface area contributed by atoms with Gasteiger partial charge < -0.3 is 0 Å². The summed E-state index contributed by atoms with van der Waals surface area (Å²) in [4.78, 5) is 2.27. The van der Waals surface area contributed by atoms with E-state index in [2.05, 4.69) is 39.0 Å². The Labute approximate surface area is 78.2 Å². The summed E-state index contributed by atoms with van der Waals surface area (Å²) in [6.07, 6.45) is 2.44. The van der Waals surface area contributed by atoms with Crippen LogP contribution in [0, 0.1) is 0 Å². The highest BCUT2D eigenvalue weighted by Gasteiger charge is 2.31. The van der Waals surface area contributed by atoms with Gasteiger partial charge in [0, 0.05) is 0 Å². The molecule has 0 aliphatic rings. The van der Waals surface area contributed by atoms with Gasteiger partial charge in [0.25, 0.3) is 0 Å². The maximum atomic E-state index is 4.78. The molecule has 68 valence electrons. The van der Waals surface area contributed by atoms with Crippen LogP contribution in [0.2, 0.25) is 13.1 Å². The van der Waals surface area contributed by atoms with Crippen LogP contribution in [0.25, 0.3) is 0 Å².